The van der Waals surface area contributed by atoms with Crippen LogP contribution in [0.15, 0.2) is 29.2 Å². The zero-order chi connectivity index (χ0) is 10.7. The summed E-state index contributed by atoms with van der Waals surface area (Å²) in [5.41, 5.74) is 1.25. The number of benzene rings is 1. The zero-order valence-electron chi connectivity index (χ0n) is 8.53. The Morgan fingerprint density at radius 2 is 2.47 bits per heavy atom. The van der Waals surface area contributed by atoms with Crippen molar-refractivity contribution < 1.29 is 9.53 Å². The number of thioether (sulfide) groups is 1. The van der Waals surface area contributed by atoms with Gasteiger partial charge in [0.05, 0.1) is 6.54 Å². The lowest BCUT2D eigenvalue weighted by Gasteiger charge is -2.07. The molecule has 0 radical (unpaired) electrons. The number of ether oxygens (including phenoxy) is 1. The fraction of sp³-hybridized carbons (Fsp3) is 0.364. The molecular weight excluding hydrogens is 210 g/mol. The van der Waals surface area contributed by atoms with Crippen molar-refractivity contribution in [3.63, 3.8) is 0 Å². The van der Waals surface area contributed by atoms with E-state index in [0.717, 1.165) is 5.75 Å². The van der Waals surface area contributed by atoms with Crippen LogP contribution in [0, 0.1) is 6.92 Å². The van der Waals surface area contributed by atoms with E-state index in [1.54, 1.807) is 11.8 Å². The Hall–Kier alpha value is -1.16. The topological polar surface area (TPSA) is 38.3 Å². The first kappa shape index (κ1) is 10.4. The molecule has 1 unspecified atom stereocenters. The predicted molar refractivity (Wildman–Crippen MR) is 60.2 cm³/mol. The van der Waals surface area contributed by atoms with Crippen LogP contribution >= 0.6 is 11.8 Å². The minimum atomic E-state index is -0.301. The van der Waals surface area contributed by atoms with Gasteiger partial charge in [-0.25, -0.2) is 4.79 Å². The third-order valence-corrected chi connectivity index (χ3v) is 3.30. The van der Waals surface area contributed by atoms with Gasteiger partial charge < -0.3 is 10.1 Å². The van der Waals surface area contributed by atoms with Gasteiger partial charge in [0.15, 0.2) is 0 Å². The van der Waals surface area contributed by atoms with Crippen LogP contribution in [0.1, 0.15) is 5.56 Å². The number of carbonyl (C=O) groups is 1. The number of aryl methyl sites for hydroxylation is 1. The van der Waals surface area contributed by atoms with E-state index in [2.05, 4.69) is 30.4 Å². The molecule has 0 aromatic heterocycles. The van der Waals surface area contributed by atoms with Gasteiger partial charge in [-0.3, -0.25) is 0 Å². The first-order valence-electron chi connectivity index (χ1n) is 4.88. The summed E-state index contributed by atoms with van der Waals surface area (Å²) in [6, 6.07) is 8.31. The smallest absolute Gasteiger partial charge is 0.407 e. The quantitative estimate of drug-likeness (QED) is 0.798. The molecule has 1 aliphatic heterocycles. The van der Waals surface area contributed by atoms with Crippen molar-refractivity contribution in [3.8, 4) is 0 Å². The van der Waals surface area contributed by atoms with Gasteiger partial charge >= 0.3 is 6.09 Å². The Labute approximate surface area is 93.2 Å². The average Bonchev–Trinajstić information content (AvgIpc) is 2.62. The lowest BCUT2D eigenvalue weighted by atomic mass is 10.2. The minimum absolute atomic E-state index is 0.00279. The molecule has 1 amide bonds. The number of hydrogen-bond acceptors (Lipinski definition) is 3. The number of cyclic esters (lactones) is 1. The molecule has 1 aromatic rings. The Bertz CT molecular complexity index is 367. The summed E-state index contributed by atoms with van der Waals surface area (Å²) in [6.07, 6.45) is -0.298. The van der Waals surface area contributed by atoms with Crippen molar-refractivity contribution in [1.29, 1.82) is 0 Å². The number of amides is 1. The Balaban J connectivity index is 1.85. The van der Waals surface area contributed by atoms with E-state index in [1.165, 1.54) is 10.5 Å². The molecule has 2 rings (SSSR count). The van der Waals surface area contributed by atoms with E-state index >= 15 is 0 Å². The summed E-state index contributed by atoms with van der Waals surface area (Å²) in [6.45, 7) is 2.69. The van der Waals surface area contributed by atoms with Crippen LogP contribution in [0.4, 0.5) is 4.79 Å². The van der Waals surface area contributed by atoms with Crippen molar-refractivity contribution >= 4 is 17.9 Å². The highest BCUT2D eigenvalue weighted by atomic mass is 32.2. The van der Waals surface area contributed by atoms with Gasteiger partial charge in [-0.15, -0.1) is 11.8 Å². The Morgan fingerprint density at radius 3 is 3.13 bits per heavy atom. The third kappa shape index (κ3) is 2.89. The second-order valence-corrected chi connectivity index (χ2v) is 4.63. The Morgan fingerprint density at radius 1 is 1.60 bits per heavy atom. The van der Waals surface area contributed by atoms with Crippen LogP contribution in [0.5, 0.6) is 0 Å². The van der Waals surface area contributed by atoms with Crippen molar-refractivity contribution in [2.24, 2.45) is 0 Å². The molecule has 0 saturated carbocycles. The van der Waals surface area contributed by atoms with Crippen molar-refractivity contribution in [3.05, 3.63) is 29.8 Å². The molecule has 3 nitrogen and oxygen atoms in total. The Kier molecular flexibility index (Phi) is 3.16. The van der Waals surface area contributed by atoms with E-state index in [0.29, 0.717) is 6.54 Å². The predicted octanol–water partition coefficient (Wildman–Crippen LogP) is 2.20. The highest BCUT2D eigenvalue weighted by molar-refractivity contribution is 7.99. The molecule has 1 saturated heterocycles. The van der Waals surface area contributed by atoms with Gasteiger partial charge in [0.2, 0.25) is 0 Å². The maximum absolute atomic E-state index is 10.8. The normalized spacial score (nSPS) is 19.8. The average molecular weight is 223 g/mol. The molecule has 1 atom stereocenters. The van der Waals surface area contributed by atoms with Gasteiger partial charge in [-0.2, -0.15) is 0 Å². The van der Waals surface area contributed by atoms with Crippen LogP contribution in [0.25, 0.3) is 0 Å². The molecule has 1 aliphatic rings. The lowest BCUT2D eigenvalue weighted by Crippen LogP contribution is -2.16. The number of alkyl carbamates (subject to hydrolysis) is 1. The third-order valence-electron chi connectivity index (χ3n) is 2.17. The van der Waals surface area contributed by atoms with Gasteiger partial charge in [-0.05, 0) is 19.1 Å². The number of rotatable bonds is 3. The highest BCUT2D eigenvalue weighted by Gasteiger charge is 2.22. The van der Waals surface area contributed by atoms with Crippen molar-refractivity contribution in [2.45, 2.75) is 17.9 Å². The minimum Gasteiger partial charge on any atom is -0.443 e. The van der Waals surface area contributed by atoms with E-state index in [4.69, 9.17) is 4.74 Å². The molecule has 15 heavy (non-hydrogen) atoms. The molecule has 1 fully saturated rings. The second kappa shape index (κ2) is 4.57. The largest absolute Gasteiger partial charge is 0.443 e. The number of hydrogen-bond donors (Lipinski definition) is 1. The standard InChI is InChI=1S/C11H13NO2S/c1-8-3-2-4-10(5-8)15-7-9-6-12-11(13)14-9/h2-5,9H,6-7H2,1H3,(H,12,13). The lowest BCUT2D eigenvalue weighted by molar-refractivity contribution is 0.150. The molecule has 1 N–H and O–H groups in total. The maximum Gasteiger partial charge on any atom is 0.407 e. The molecule has 4 heteroatoms. The van der Waals surface area contributed by atoms with Crippen LogP contribution in [0.2, 0.25) is 0 Å². The summed E-state index contributed by atoms with van der Waals surface area (Å²) in [5.74, 6) is 0.808. The summed E-state index contributed by atoms with van der Waals surface area (Å²) in [5, 5.41) is 2.64. The summed E-state index contributed by atoms with van der Waals surface area (Å²) in [7, 11) is 0. The first-order valence-corrected chi connectivity index (χ1v) is 5.86. The molecule has 0 bridgehead atoms. The van der Waals surface area contributed by atoms with Crippen molar-refractivity contribution in [1.82, 2.24) is 5.32 Å². The van der Waals surface area contributed by atoms with Crippen molar-refractivity contribution in [2.75, 3.05) is 12.3 Å². The zero-order valence-corrected chi connectivity index (χ0v) is 9.34. The first-order chi connectivity index (χ1) is 7.24. The SMILES string of the molecule is Cc1cccc(SCC2CNC(=O)O2)c1. The highest BCUT2D eigenvalue weighted by Crippen LogP contribution is 2.21. The van der Waals surface area contributed by atoms with Crippen LogP contribution < -0.4 is 5.32 Å². The van der Waals surface area contributed by atoms with Gasteiger partial charge in [-0.1, -0.05) is 17.7 Å². The van der Waals surface area contributed by atoms with Gasteiger partial charge in [0.25, 0.3) is 0 Å². The molecule has 0 aliphatic carbocycles. The van der Waals surface area contributed by atoms with Crippen LogP contribution in [-0.2, 0) is 4.74 Å². The van der Waals surface area contributed by atoms with E-state index in [9.17, 15) is 4.79 Å². The monoisotopic (exact) mass is 223 g/mol. The molecule has 1 aromatic carbocycles. The van der Waals surface area contributed by atoms with Crippen LogP contribution in [0.3, 0.4) is 0 Å². The summed E-state index contributed by atoms with van der Waals surface area (Å²) >= 11 is 1.72. The molecular formula is C11H13NO2S. The second-order valence-electron chi connectivity index (χ2n) is 3.54. The maximum atomic E-state index is 10.8. The fourth-order valence-electron chi connectivity index (χ4n) is 1.42. The van der Waals surface area contributed by atoms with E-state index in [-0.39, 0.29) is 12.2 Å². The van der Waals surface area contributed by atoms with Crippen LogP contribution in [-0.4, -0.2) is 24.5 Å². The summed E-state index contributed by atoms with van der Waals surface area (Å²) in [4.78, 5) is 12.0. The molecule has 80 valence electrons. The number of nitrogens with one attached hydrogen (secondary N) is 1. The summed E-state index contributed by atoms with van der Waals surface area (Å²) < 4.78 is 5.04. The van der Waals surface area contributed by atoms with E-state index < -0.39 is 0 Å². The van der Waals surface area contributed by atoms with Gasteiger partial charge in [0, 0.05) is 10.6 Å². The molecule has 1 heterocycles. The molecule has 0 spiro atoms. The van der Waals surface area contributed by atoms with Gasteiger partial charge in [0.1, 0.15) is 6.10 Å². The van der Waals surface area contributed by atoms with E-state index in [1.807, 2.05) is 6.07 Å². The fourth-order valence-corrected chi connectivity index (χ4v) is 2.43. The number of carbonyl (C=O) groups excluding carboxylic acids is 1.